The lowest BCUT2D eigenvalue weighted by molar-refractivity contribution is 0.0558. The highest BCUT2D eigenvalue weighted by molar-refractivity contribution is 9.09. The van der Waals surface area contributed by atoms with E-state index >= 15 is 0 Å². The molecule has 1 heterocycles. The Bertz CT molecular complexity index is 452. The lowest BCUT2D eigenvalue weighted by Crippen LogP contribution is -2.54. The zero-order valence-corrected chi connectivity index (χ0v) is 12.7. The maximum atomic E-state index is 11.7. The zero-order chi connectivity index (χ0) is 13.2. The van der Waals surface area contributed by atoms with Gasteiger partial charge < -0.3 is 4.74 Å². The third kappa shape index (κ3) is 5.21. The molecule has 1 aliphatic heterocycles. The monoisotopic (exact) mass is 349 g/mol. The minimum Gasteiger partial charge on any atom is -0.381 e. The van der Waals surface area contributed by atoms with E-state index in [1.54, 1.807) is 0 Å². The molecule has 1 N–H and O–H groups in total. The van der Waals surface area contributed by atoms with Gasteiger partial charge in [-0.15, -0.1) is 0 Å². The zero-order valence-electron chi connectivity index (χ0n) is 9.48. The van der Waals surface area contributed by atoms with Crippen molar-refractivity contribution in [2.24, 2.45) is 0 Å². The van der Waals surface area contributed by atoms with E-state index in [2.05, 4.69) is 20.7 Å². The van der Waals surface area contributed by atoms with Crippen LogP contribution in [0.1, 0.15) is 12.8 Å². The van der Waals surface area contributed by atoms with Crippen molar-refractivity contribution in [3.63, 3.8) is 0 Å². The number of alkyl halides is 1. The Balaban J connectivity index is 2.80. The number of nitrogens with one attached hydrogen (secondary N) is 1. The lowest BCUT2D eigenvalue weighted by Gasteiger charge is -2.35. The summed E-state index contributed by atoms with van der Waals surface area (Å²) in [6.45, 7) is 0.931. The Hall–Kier alpha value is 0.300. The van der Waals surface area contributed by atoms with Crippen molar-refractivity contribution in [3.8, 4) is 0 Å². The van der Waals surface area contributed by atoms with Crippen molar-refractivity contribution < 1.29 is 21.6 Å². The van der Waals surface area contributed by atoms with Crippen LogP contribution in [-0.2, 0) is 24.6 Å². The van der Waals surface area contributed by atoms with E-state index in [1.165, 1.54) is 0 Å². The molecular formula is C8H16BrNO5S2. The summed E-state index contributed by atoms with van der Waals surface area (Å²) in [5.74, 6) is 0. The van der Waals surface area contributed by atoms with E-state index in [0.29, 0.717) is 31.4 Å². The van der Waals surface area contributed by atoms with Gasteiger partial charge in [0.15, 0.2) is 14.9 Å². The SMILES string of the molecule is CS(=O)(=O)CS(=O)(=O)NC1(CBr)CCOCC1. The normalized spacial score (nSPS) is 21.3. The van der Waals surface area contributed by atoms with E-state index in [4.69, 9.17) is 4.74 Å². The van der Waals surface area contributed by atoms with Crippen LogP contribution < -0.4 is 4.72 Å². The molecule has 1 fully saturated rings. The van der Waals surface area contributed by atoms with Crippen LogP contribution in [0.4, 0.5) is 0 Å². The first-order chi connectivity index (χ1) is 7.68. The Morgan fingerprint density at radius 3 is 2.18 bits per heavy atom. The number of rotatable bonds is 5. The van der Waals surface area contributed by atoms with Crippen LogP contribution >= 0.6 is 15.9 Å². The molecule has 0 bridgehead atoms. The van der Waals surface area contributed by atoms with Crippen LogP contribution in [-0.4, -0.2) is 52.3 Å². The maximum Gasteiger partial charge on any atom is 0.226 e. The van der Waals surface area contributed by atoms with Gasteiger partial charge in [-0.05, 0) is 12.8 Å². The van der Waals surface area contributed by atoms with E-state index in [1.807, 2.05) is 0 Å². The van der Waals surface area contributed by atoms with Crippen molar-refractivity contribution in [1.29, 1.82) is 0 Å². The standard InChI is InChI=1S/C8H16BrNO5S2/c1-16(11,12)7-17(13,14)10-8(6-9)2-4-15-5-3-8/h10H,2-7H2,1H3. The molecule has 0 aliphatic carbocycles. The van der Waals surface area contributed by atoms with Crippen LogP contribution in [0.25, 0.3) is 0 Å². The van der Waals surface area contributed by atoms with Gasteiger partial charge in [0.25, 0.3) is 0 Å². The average Bonchev–Trinajstić information content (AvgIpc) is 2.14. The third-order valence-corrected chi connectivity index (χ3v) is 7.22. The highest BCUT2D eigenvalue weighted by atomic mass is 79.9. The first-order valence-electron chi connectivity index (χ1n) is 5.01. The molecule has 1 rings (SSSR count). The molecule has 17 heavy (non-hydrogen) atoms. The van der Waals surface area contributed by atoms with Gasteiger partial charge in [-0.2, -0.15) is 0 Å². The minimum absolute atomic E-state index is 0.437. The molecule has 0 atom stereocenters. The van der Waals surface area contributed by atoms with Crippen LogP contribution in [0.5, 0.6) is 0 Å². The summed E-state index contributed by atoms with van der Waals surface area (Å²) in [5, 5.41) is -0.443. The summed E-state index contributed by atoms with van der Waals surface area (Å²) in [4.78, 5) is 0. The lowest BCUT2D eigenvalue weighted by atomic mass is 9.94. The Kier molecular flexibility index (Phi) is 4.98. The number of sulfone groups is 1. The largest absolute Gasteiger partial charge is 0.381 e. The molecular weight excluding hydrogens is 334 g/mol. The van der Waals surface area contributed by atoms with Gasteiger partial charge in [0, 0.05) is 30.3 Å². The molecule has 0 radical (unpaired) electrons. The Labute approximate surface area is 110 Å². The Morgan fingerprint density at radius 1 is 1.24 bits per heavy atom. The van der Waals surface area contributed by atoms with Gasteiger partial charge in [0.05, 0.1) is 0 Å². The molecule has 102 valence electrons. The predicted molar refractivity (Wildman–Crippen MR) is 68.3 cm³/mol. The molecule has 1 aliphatic rings. The van der Waals surface area contributed by atoms with E-state index in [0.717, 1.165) is 6.26 Å². The molecule has 0 aromatic rings. The number of sulfonamides is 1. The smallest absolute Gasteiger partial charge is 0.226 e. The second-order valence-electron chi connectivity index (χ2n) is 4.29. The summed E-state index contributed by atoms with van der Waals surface area (Å²) in [6, 6.07) is 0. The van der Waals surface area contributed by atoms with Crippen LogP contribution in [0.15, 0.2) is 0 Å². The predicted octanol–water partition coefficient (Wildman–Crippen LogP) is -0.148. The Morgan fingerprint density at radius 2 is 1.76 bits per heavy atom. The van der Waals surface area contributed by atoms with E-state index in [9.17, 15) is 16.8 Å². The van der Waals surface area contributed by atoms with Gasteiger partial charge in [0.2, 0.25) is 10.0 Å². The summed E-state index contributed by atoms with van der Waals surface area (Å²) >= 11 is 3.27. The topological polar surface area (TPSA) is 89.5 Å². The van der Waals surface area contributed by atoms with Gasteiger partial charge >= 0.3 is 0 Å². The fourth-order valence-electron chi connectivity index (χ4n) is 1.67. The van der Waals surface area contributed by atoms with Crippen LogP contribution in [0.3, 0.4) is 0 Å². The highest BCUT2D eigenvalue weighted by Gasteiger charge is 2.36. The second kappa shape index (κ2) is 5.52. The number of halogens is 1. The van der Waals surface area contributed by atoms with Crippen LogP contribution in [0, 0.1) is 0 Å². The average molecular weight is 350 g/mol. The second-order valence-corrected chi connectivity index (χ2v) is 9.08. The number of hydrogen-bond acceptors (Lipinski definition) is 5. The number of hydrogen-bond donors (Lipinski definition) is 1. The number of ether oxygens (including phenoxy) is 1. The van der Waals surface area contributed by atoms with Gasteiger partial charge in [0.1, 0.15) is 0 Å². The molecule has 9 heteroatoms. The summed E-state index contributed by atoms with van der Waals surface area (Å²) in [7, 11) is -7.40. The summed E-state index contributed by atoms with van der Waals surface area (Å²) in [6.07, 6.45) is 1.96. The maximum absolute atomic E-state index is 11.7. The quantitative estimate of drug-likeness (QED) is 0.697. The van der Waals surface area contributed by atoms with E-state index in [-0.39, 0.29) is 0 Å². The van der Waals surface area contributed by atoms with Gasteiger partial charge in [-0.3, -0.25) is 0 Å². The summed E-state index contributed by atoms with van der Waals surface area (Å²) in [5.41, 5.74) is -0.637. The molecule has 0 aromatic heterocycles. The molecule has 0 unspecified atom stereocenters. The molecule has 0 aromatic carbocycles. The first-order valence-corrected chi connectivity index (χ1v) is 9.85. The summed E-state index contributed by atoms with van der Waals surface area (Å²) < 4.78 is 53.2. The van der Waals surface area contributed by atoms with Gasteiger partial charge in [-0.1, -0.05) is 15.9 Å². The molecule has 0 spiro atoms. The van der Waals surface area contributed by atoms with Crippen molar-refractivity contribution in [2.75, 3.05) is 29.9 Å². The first kappa shape index (κ1) is 15.4. The third-order valence-electron chi connectivity index (χ3n) is 2.45. The molecule has 1 saturated heterocycles. The van der Waals surface area contributed by atoms with Crippen LogP contribution in [0.2, 0.25) is 0 Å². The van der Waals surface area contributed by atoms with Crippen molar-refractivity contribution in [2.45, 2.75) is 18.4 Å². The van der Waals surface area contributed by atoms with E-state index < -0.39 is 30.5 Å². The van der Waals surface area contributed by atoms with Crippen molar-refractivity contribution in [1.82, 2.24) is 4.72 Å². The van der Waals surface area contributed by atoms with Crippen molar-refractivity contribution >= 4 is 35.8 Å². The van der Waals surface area contributed by atoms with Gasteiger partial charge in [-0.25, -0.2) is 21.6 Å². The molecule has 0 saturated carbocycles. The fraction of sp³-hybridized carbons (Fsp3) is 1.00. The van der Waals surface area contributed by atoms with Crippen molar-refractivity contribution in [3.05, 3.63) is 0 Å². The minimum atomic E-state index is -3.83. The fourth-order valence-corrected chi connectivity index (χ4v) is 5.98. The molecule has 0 amide bonds. The highest BCUT2D eigenvalue weighted by Crippen LogP contribution is 2.24. The molecule has 6 nitrogen and oxygen atoms in total.